The minimum Gasteiger partial charge on any atom is -0.340 e. The van der Waals surface area contributed by atoms with Crippen LogP contribution in [0.4, 0.5) is 0 Å². The second kappa shape index (κ2) is 5.10. The molecule has 0 radical (unpaired) electrons. The van der Waals surface area contributed by atoms with Crippen molar-refractivity contribution in [2.75, 3.05) is 0 Å². The van der Waals surface area contributed by atoms with Crippen LogP contribution in [0, 0.1) is 0 Å². The first-order valence-electron chi connectivity index (χ1n) is 4.65. The van der Waals surface area contributed by atoms with Crippen LogP contribution in [0.5, 0.6) is 0 Å². The maximum absolute atomic E-state index is 10.9. The van der Waals surface area contributed by atoms with Crippen LogP contribution in [0.3, 0.4) is 0 Å². The van der Waals surface area contributed by atoms with Gasteiger partial charge in [-0.2, -0.15) is 0 Å². The predicted octanol–water partition coefficient (Wildman–Crippen LogP) is 2.13. The van der Waals surface area contributed by atoms with Crippen molar-refractivity contribution in [2.45, 2.75) is 6.92 Å². The minimum absolute atomic E-state index is 0.619. The van der Waals surface area contributed by atoms with Gasteiger partial charge in [-0.1, -0.05) is 24.8 Å². The second-order valence-electron chi connectivity index (χ2n) is 3.10. The molecule has 15 heavy (non-hydrogen) atoms. The fraction of sp³-hybridized carbons (Fsp3) is 0.167. The number of aldehydes is 1. The Kier molecular flexibility index (Phi) is 3.80. The lowest BCUT2D eigenvalue weighted by molar-refractivity contribution is -0.104. The van der Waals surface area contributed by atoms with Gasteiger partial charge in [0.1, 0.15) is 6.29 Å². The Hall–Kier alpha value is -1.90. The van der Waals surface area contributed by atoms with Crippen molar-refractivity contribution in [3.05, 3.63) is 48.6 Å². The molecule has 1 heterocycles. The molecule has 1 rings (SSSR count). The Balaban J connectivity index is 3.20. The Bertz CT molecular complexity index is 425. The third kappa shape index (κ3) is 2.53. The molecule has 0 atom stereocenters. The van der Waals surface area contributed by atoms with Crippen LogP contribution < -0.4 is 0 Å². The van der Waals surface area contributed by atoms with E-state index in [-0.39, 0.29) is 0 Å². The Labute approximate surface area is 89.4 Å². The van der Waals surface area contributed by atoms with Crippen molar-refractivity contribution >= 4 is 11.9 Å². The van der Waals surface area contributed by atoms with E-state index in [1.807, 2.05) is 24.7 Å². The Morgan fingerprint density at radius 2 is 2.33 bits per heavy atom. The topological polar surface area (TPSA) is 34.9 Å². The highest BCUT2D eigenvalue weighted by molar-refractivity contribution is 5.98. The maximum Gasteiger partial charge on any atom is 0.150 e. The van der Waals surface area contributed by atoms with E-state index < -0.39 is 0 Å². The van der Waals surface area contributed by atoms with Crippen molar-refractivity contribution in [2.24, 2.45) is 7.05 Å². The predicted molar refractivity (Wildman–Crippen MR) is 61.2 cm³/mol. The van der Waals surface area contributed by atoms with Gasteiger partial charge in [-0.05, 0) is 6.92 Å². The average molecular weight is 202 g/mol. The highest BCUT2D eigenvalue weighted by Crippen LogP contribution is 2.19. The van der Waals surface area contributed by atoms with Gasteiger partial charge in [0.2, 0.25) is 0 Å². The molecule has 0 aliphatic carbocycles. The zero-order valence-electron chi connectivity index (χ0n) is 8.97. The van der Waals surface area contributed by atoms with Gasteiger partial charge in [-0.15, -0.1) is 0 Å². The van der Waals surface area contributed by atoms with Crippen LogP contribution in [0.25, 0.3) is 5.57 Å². The number of aryl methyl sites for hydroxylation is 1. The lowest BCUT2D eigenvalue weighted by atomic mass is 10.0. The largest absolute Gasteiger partial charge is 0.340 e. The number of hydrogen-bond donors (Lipinski definition) is 0. The summed E-state index contributed by atoms with van der Waals surface area (Å²) >= 11 is 0. The molecule has 3 heteroatoms. The molecule has 0 N–H and O–H groups in total. The summed E-state index contributed by atoms with van der Waals surface area (Å²) in [6, 6.07) is 0. The van der Waals surface area contributed by atoms with Gasteiger partial charge in [0, 0.05) is 24.4 Å². The van der Waals surface area contributed by atoms with E-state index in [0.29, 0.717) is 5.57 Å². The van der Waals surface area contributed by atoms with Crippen LogP contribution in [0.1, 0.15) is 12.6 Å². The van der Waals surface area contributed by atoms with Crippen LogP contribution >= 0.6 is 0 Å². The molecule has 0 aliphatic heterocycles. The average Bonchev–Trinajstić information content (AvgIpc) is 2.65. The van der Waals surface area contributed by atoms with E-state index in [2.05, 4.69) is 11.6 Å². The van der Waals surface area contributed by atoms with Crippen LogP contribution in [-0.2, 0) is 11.8 Å². The number of carbonyl (C=O) groups is 1. The van der Waals surface area contributed by atoms with E-state index in [1.165, 1.54) is 0 Å². The molecule has 0 saturated heterocycles. The number of imidazole rings is 1. The fourth-order valence-corrected chi connectivity index (χ4v) is 1.29. The summed E-state index contributed by atoms with van der Waals surface area (Å²) in [6.45, 7) is 5.45. The Morgan fingerprint density at radius 3 is 2.73 bits per heavy atom. The lowest BCUT2D eigenvalue weighted by Gasteiger charge is -2.01. The summed E-state index contributed by atoms with van der Waals surface area (Å²) in [5.74, 6) is 0. The van der Waals surface area contributed by atoms with E-state index >= 15 is 0 Å². The number of carbonyl (C=O) groups excluding carboxylic acids is 1. The van der Waals surface area contributed by atoms with Crippen molar-refractivity contribution < 1.29 is 4.79 Å². The molecular weight excluding hydrogens is 188 g/mol. The second-order valence-corrected chi connectivity index (χ2v) is 3.10. The Morgan fingerprint density at radius 1 is 1.60 bits per heavy atom. The molecule has 0 fully saturated rings. The molecular formula is C12H14N2O. The van der Waals surface area contributed by atoms with Gasteiger partial charge in [-0.25, -0.2) is 4.98 Å². The van der Waals surface area contributed by atoms with E-state index in [1.54, 1.807) is 24.6 Å². The van der Waals surface area contributed by atoms with E-state index in [0.717, 1.165) is 17.6 Å². The molecule has 0 aromatic carbocycles. The first kappa shape index (κ1) is 11.2. The van der Waals surface area contributed by atoms with Crippen molar-refractivity contribution in [3.8, 4) is 0 Å². The molecule has 78 valence electrons. The van der Waals surface area contributed by atoms with E-state index in [4.69, 9.17) is 0 Å². The van der Waals surface area contributed by atoms with Crippen molar-refractivity contribution in [3.63, 3.8) is 0 Å². The minimum atomic E-state index is 0.619. The summed E-state index contributed by atoms with van der Waals surface area (Å²) in [4.78, 5) is 15.1. The third-order valence-electron chi connectivity index (χ3n) is 2.01. The molecule has 1 aromatic rings. The van der Waals surface area contributed by atoms with Crippen molar-refractivity contribution in [1.29, 1.82) is 0 Å². The van der Waals surface area contributed by atoms with Crippen molar-refractivity contribution in [1.82, 2.24) is 9.55 Å². The fourth-order valence-electron chi connectivity index (χ4n) is 1.29. The highest BCUT2D eigenvalue weighted by atomic mass is 16.1. The van der Waals surface area contributed by atoms with E-state index in [9.17, 15) is 4.79 Å². The molecule has 3 nitrogen and oxygen atoms in total. The zero-order valence-corrected chi connectivity index (χ0v) is 8.97. The van der Waals surface area contributed by atoms with Crippen LogP contribution in [0.2, 0.25) is 0 Å². The molecule has 0 amide bonds. The molecule has 0 aliphatic rings. The smallest absolute Gasteiger partial charge is 0.150 e. The number of hydrogen-bond acceptors (Lipinski definition) is 2. The third-order valence-corrected chi connectivity index (χ3v) is 2.01. The quantitative estimate of drug-likeness (QED) is 0.426. The first-order chi connectivity index (χ1) is 7.22. The summed E-state index contributed by atoms with van der Waals surface area (Å²) in [7, 11) is 1.89. The summed E-state index contributed by atoms with van der Waals surface area (Å²) in [5, 5.41) is 0. The standard InChI is InChI=1S/C12H14N2O/c1-4-6-11(10(5-2)8-15)12-7-14(3)9-13-12/h4-9H,1H2,2-3H3/b10-5-,11-6+. The van der Waals surface area contributed by atoms with Gasteiger partial charge in [0.15, 0.2) is 0 Å². The maximum atomic E-state index is 10.9. The first-order valence-corrected chi connectivity index (χ1v) is 4.65. The van der Waals surface area contributed by atoms with Crippen LogP contribution in [-0.4, -0.2) is 15.8 Å². The highest BCUT2D eigenvalue weighted by Gasteiger charge is 2.08. The molecule has 0 spiro atoms. The monoisotopic (exact) mass is 202 g/mol. The molecule has 0 bridgehead atoms. The summed E-state index contributed by atoms with van der Waals surface area (Å²) in [6.07, 6.45) is 9.58. The normalized spacial score (nSPS) is 12.7. The van der Waals surface area contributed by atoms with Gasteiger partial charge in [-0.3, -0.25) is 4.79 Å². The number of rotatable bonds is 4. The van der Waals surface area contributed by atoms with Gasteiger partial charge in [0.25, 0.3) is 0 Å². The van der Waals surface area contributed by atoms with Crippen LogP contribution in [0.15, 0.2) is 42.9 Å². The molecule has 1 aromatic heterocycles. The molecule has 0 unspecified atom stereocenters. The summed E-state index contributed by atoms with van der Waals surface area (Å²) in [5.41, 5.74) is 2.19. The molecule has 0 saturated carbocycles. The zero-order chi connectivity index (χ0) is 11.3. The number of allylic oxidation sites excluding steroid dienone is 5. The van der Waals surface area contributed by atoms with Gasteiger partial charge in [0.05, 0.1) is 12.0 Å². The lowest BCUT2D eigenvalue weighted by Crippen LogP contribution is -1.91. The van der Waals surface area contributed by atoms with Gasteiger partial charge < -0.3 is 4.57 Å². The SMILES string of the molecule is C=C/C=C(\C(C=O)=C/C)c1cn(C)cn1. The summed E-state index contributed by atoms with van der Waals surface area (Å²) < 4.78 is 1.84. The van der Waals surface area contributed by atoms with Gasteiger partial charge >= 0.3 is 0 Å². The number of nitrogens with zero attached hydrogens (tertiary/aromatic N) is 2. The number of aromatic nitrogens is 2.